The molecule has 2 aromatic rings. The van der Waals surface area contributed by atoms with Gasteiger partial charge in [0, 0.05) is 35.8 Å². The Morgan fingerprint density at radius 2 is 1.82 bits per heavy atom. The summed E-state index contributed by atoms with van der Waals surface area (Å²) in [7, 11) is 2.24. The third-order valence-electron chi connectivity index (χ3n) is 4.94. The maximum absolute atomic E-state index is 6.04. The first-order valence-corrected chi connectivity index (χ1v) is 8.15. The zero-order valence-electron chi connectivity index (χ0n) is 12.6. The Kier molecular flexibility index (Phi) is 3.51. The van der Waals surface area contributed by atoms with Gasteiger partial charge in [0.05, 0.1) is 5.69 Å². The van der Waals surface area contributed by atoms with E-state index in [0.29, 0.717) is 12.1 Å². The minimum absolute atomic E-state index is 0.660. The van der Waals surface area contributed by atoms with E-state index in [1.165, 1.54) is 12.8 Å². The second kappa shape index (κ2) is 5.52. The van der Waals surface area contributed by atoms with Gasteiger partial charge in [0.2, 0.25) is 0 Å². The van der Waals surface area contributed by atoms with Crippen LogP contribution in [0.4, 0.5) is 5.82 Å². The molecule has 2 fully saturated rings. The van der Waals surface area contributed by atoms with Crippen LogP contribution in [0.5, 0.6) is 0 Å². The van der Waals surface area contributed by atoms with Gasteiger partial charge in [-0.3, -0.25) is 4.90 Å². The number of nitrogens with zero attached hydrogens (tertiary/aromatic N) is 4. The van der Waals surface area contributed by atoms with E-state index >= 15 is 0 Å². The van der Waals surface area contributed by atoms with E-state index < -0.39 is 0 Å². The zero-order chi connectivity index (χ0) is 15.1. The molecule has 0 spiro atoms. The van der Waals surface area contributed by atoms with Crippen LogP contribution in [0.2, 0.25) is 5.02 Å². The van der Waals surface area contributed by atoms with Crippen LogP contribution in [0.25, 0.3) is 11.3 Å². The molecule has 2 saturated heterocycles. The summed E-state index contributed by atoms with van der Waals surface area (Å²) < 4.78 is 0. The monoisotopic (exact) mass is 314 g/mol. The van der Waals surface area contributed by atoms with Crippen molar-refractivity contribution >= 4 is 17.4 Å². The number of anilines is 1. The summed E-state index contributed by atoms with van der Waals surface area (Å²) in [6, 6.07) is 13.2. The Hall–Kier alpha value is -1.65. The largest absolute Gasteiger partial charge is 0.352 e. The number of halogens is 1. The van der Waals surface area contributed by atoms with E-state index in [1.807, 2.05) is 30.3 Å². The number of likely N-dealkylation sites (N-methyl/N-ethyl adjacent to an activating group) is 1. The fourth-order valence-electron chi connectivity index (χ4n) is 3.60. The van der Waals surface area contributed by atoms with Crippen LogP contribution in [0.15, 0.2) is 36.4 Å². The van der Waals surface area contributed by atoms with Gasteiger partial charge in [-0.15, -0.1) is 10.2 Å². The highest BCUT2D eigenvalue weighted by molar-refractivity contribution is 6.30. The van der Waals surface area contributed by atoms with Gasteiger partial charge >= 0.3 is 0 Å². The summed E-state index contributed by atoms with van der Waals surface area (Å²) in [6.07, 6.45) is 2.59. The van der Waals surface area contributed by atoms with Gasteiger partial charge in [0.1, 0.15) is 0 Å². The lowest BCUT2D eigenvalue weighted by molar-refractivity contribution is 0.211. The molecular formula is C17H19ClN4. The molecule has 0 aliphatic carbocycles. The number of aromatic nitrogens is 2. The average Bonchev–Trinajstić information content (AvgIpc) is 2.76. The molecule has 3 heterocycles. The van der Waals surface area contributed by atoms with Crippen molar-refractivity contribution in [3.63, 3.8) is 0 Å². The van der Waals surface area contributed by atoms with Crippen molar-refractivity contribution in [1.82, 2.24) is 15.1 Å². The number of rotatable bonds is 2. The molecule has 2 aliphatic rings. The van der Waals surface area contributed by atoms with Gasteiger partial charge in [0.15, 0.2) is 5.82 Å². The number of hydrogen-bond donors (Lipinski definition) is 0. The SMILES string of the molecule is CN1C2CCC1CN(c1ccc(-c3cccc(Cl)c3)nn1)C2. The van der Waals surface area contributed by atoms with Gasteiger partial charge in [-0.1, -0.05) is 23.7 Å². The molecule has 114 valence electrons. The van der Waals surface area contributed by atoms with Crippen LogP contribution in [0.3, 0.4) is 0 Å². The van der Waals surface area contributed by atoms with Crippen LogP contribution in [-0.2, 0) is 0 Å². The number of benzene rings is 1. The molecule has 1 aromatic heterocycles. The molecule has 0 saturated carbocycles. The van der Waals surface area contributed by atoms with Crippen LogP contribution in [0, 0.1) is 0 Å². The highest BCUT2D eigenvalue weighted by Crippen LogP contribution is 2.30. The zero-order valence-corrected chi connectivity index (χ0v) is 13.4. The van der Waals surface area contributed by atoms with Gasteiger partial charge in [0.25, 0.3) is 0 Å². The van der Waals surface area contributed by atoms with Gasteiger partial charge < -0.3 is 4.90 Å². The van der Waals surface area contributed by atoms with Crippen LogP contribution >= 0.6 is 11.6 Å². The van der Waals surface area contributed by atoms with E-state index in [0.717, 1.165) is 35.2 Å². The standard InChI is InChI=1S/C17H19ClN4/c1-21-14-5-6-15(21)11-22(10-14)17-8-7-16(19-20-17)12-3-2-4-13(18)9-12/h2-4,7-9,14-15H,5-6,10-11H2,1H3. The predicted molar refractivity (Wildman–Crippen MR) is 89.3 cm³/mol. The molecule has 5 heteroatoms. The highest BCUT2D eigenvalue weighted by Gasteiger charge is 2.37. The van der Waals surface area contributed by atoms with E-state index in [2.05, 4.69) is 33.1 Å². The van der Waals surface area contributed by atoms with Crippen LogP contribution in [0.1, 0.15) is 12.8 Å². The van der Waals surface area contributed by atoms with Gasteiger partial charge in [-0.05, 0) is 44.2 Å². The van der Waals surface area contributed by atoms with E-state index in [4.69, 9.17) is 11.6 Å². The quantitative estimate of drug-likeness (QED) is 0.852. The summed E-state index contributed by atoms with van der Waals surface area (Å²) in [6.45, 7) is 2.11. The van der Waals surface area contributed by atoms with Crippen molar-refractivity contribution in [3.8, 4) is 11.3 Å². The molecule has 4 nitrogen and oxygen atoms in total. The fraction of sp³-hybridized carbons (Fsp3) is 0.412. The summed E-state index contributed by atoms with van der Waals surface area (Å²) >= 11 is 6.04. The summed E-state index contributed by atoms with van der Waals surface area (Å²) in [5, 5.41) is 9.56. The molecule has 2 unspecified atom stereocenters. The van der Waals surface area contributed by atoms with E-state index in [-0.39, 0.29) is 0 Å². The summed E-state index contributed by atoms with van der Waals surface area (Å²) in [5.74, 6) is 0.982. The Balaban J connectivity index is 1.55. The Morgan fingerprint density at radius 3 is 2.45 bits per heavy atom. The first-order valence-electron chi connectivity index (χ1n) is 7.77. The van der Waals surface area contributed by atoms with Crippen molar-refractivity contribution in [3.05, 3.63) is 41.4 Å². The topological polar surface area (TPSA) is 32.3 Å². The molecule has 1 aromatic carbocycles. The molecule has 0 N–H and O–H groups in total. The fourth-order valence-corrected chi connectivity index (χ4v) is 3.79. The molecular weight excluding hydrogens is 296 g/mol. The third-order valence-corrected chi connectivity index (χ3v) is 5.18. The average molecular weight is 315 g/mol. The smallest absolute Gasteiger partial charge is 0.151 e. The van der Waals surface area contributed by atoms with E-state index in [1.54, 1.807) is 0 Å². The molecule has 2 aliphatic heterocycles. The Bertz CT molecular complexity index is 659. The first-order chi connectivity index (χ1) is 10.7. The summed E-state index contributed by atoms with van der Waals surface area (Å²) in [4.78, 5) is 4.89. The van der Waals surface area contributed by atoms with Crippen LogP contribution < -0.4 is 4.90 Å². The predicted octanol–water partition coefficient (Wildman–Crippen LogP) is 3.08. The Morgan fingerprint density at radius 1 is 1.05 bits per heavy atom. The number of piperazine rings is 1. The van der Waals surface area contributed by atoms with Crippen molar-refractivity contribution in [2.45, 2.75) is 24.9 Å². The lowest BCUT2D eigenvalue weighted by Crippen LogP contribution is -2.52. The molecule has 2 atom stereocenters. The van der Waals surface area contributed by atoms with Crippen molar-refractivity contribution in [2.24, 2.45) is 0 Å². The second-order valence-electron chi connectivity index (χ2n) is 6.24. The van der Waals surface area contributed by atoms with Crippen molar-refractivity contribution in [2.75, 3.05) is 25.0 Å². The lowest BCUT2D eigenvalue weighted by atomic mass is 10.1. The minimum atomic E-state index is 0.660. The number of hydrogen-bond acceptors (Lipinski definition) is 4. The van der Waals surface area contributed by atoms with Gasteiger partial charge in [-0.25, -0.2) is 0 Å². The highest BCUT2D eigenvalue weighted by atomic mass is 35.5. The second-order valence-corrected chi connectivity index (χ2v) is 6.68. The lowest BCUT2D eigenvalue weighted by Gasteiger charge is -2.39. The maximum Gasteiger partial charge on any atom is 0.151 e. The molecule has 0 radical (unpaired) electrons. The van der Waals surface area contributed by atoms with Crippen molar-refractivity contribution in [1.29, 1.82) is 0 Å². The maximum atomic E-state index is 6.04. The Labute approximate surface area is 135 Å². The third kappa shape index (κ3) is 2.46. The molecule has 2 bridgehead atoms. The summed E-state index contributed by atoms with van der Waals surface area (Å²) in [5.41, 5.74) is 1.87. The normalized spacial score (nSPS) is 24.7. The van der Waals surface area contributed by atoms with Crippen LogP contribution in [-0.4, -0.2) is 47.3 Å². The molecule has 0 amide bonds. The first kappa shape index (κ1) is 14.0. The minimum Gasteiger partial charge on any atom is -0.352 e. The van der Waals surface area contributed by atoms with Crippen molar-refractivity contribution < 1.29 is 0 Å². The van der Waals surface area contributed by atoms with Gasteiger partial charge in [-0.2, -0.15) is 0 Å². The molecule has 4 rings (SSSR count). The van der Waals surface area contributed by atoms with E-state index in [9.17, 15) is 0 Å². The number of fused-ring (bicyclic) bond motifs is 2. The molecule has 22 heavy (non-hydrogen) atoms.